The first-order valence-corrected chi connectivity index (χ1v) is 6.03. The van der Waals surface area contributed by atoms with Crippen molar-refractivity contribution in [2.45, 2.75) is 0 Å². The van der Waals surface area contributed by atoms with Crippen molar-refractivity contribution in [3.63, 3.8) is 0 Å². The highest BCUT2D eigenvalue weighted by molar-refractivity contribution is 7.10. The number of hydrogen-bond acceptors (Lipinski definition) is 2. The van der Waals surface area contributed by atoms with Gasteiger partial charge in [-0.15, -0.1) is 11.3 Å². The minimum atomic E-state index is -0.0316. The van der Waals surface area contributed by atoms with Crippen LogP contribution in [0.1, 0.15) is 15.2 Å². The van der Waals surface area contributed by atoms with Crippen molar-refractivity contribution < 1.29 is 4.79 Å². The molecule has 0 saturated carbocycles. The van der Waals surface area contributed by atoms with Crippen molar-refractivity contribution in [3.05, 3.63) is 63.3 Å². The minimum absolute atomic E-state index is 0.0316. The Morgan fingerprint density at radius 3 is 2.81 bits per heavy atom. The van der Waals surface area contributed by atoms with Gasteiger partial charge in [0, 0.05) is 15.5 Å². The molecule has 80 valence electrons. The number of carbonyl (C=O) groups excluding carboxylic acids is 1. The third-order valence-corrected chi connectivity index (χ3v) is 3.12. The lowest BCUT2D eigenvalue weighted by Gasteiger charge is -1.95. The van der Waals surface area contributed by atoms with Crippen LogP contribution in [-0.4, -0.2) is 5.78 Å². The van der Waals surface area contributed by atoms with Gasteiger partial charge < -0.3 is 0 Å². The molecule has 0 fully saturated rings. The van der Waals surface area contributed by atoms with Crippen LogP contribution in [0.4, 0.5) is 0 Å². The molecule has 0 atom stereocenters. The first-order valence-electron chi connectivity index (χ1n) is 4.77. The molecule has 0 aliphatic heterocycles. The molecule has 0 aliphatic carbocycles. The Kier molecular flexibility index (Phi) is 3.54. The molecule has 2 aromatic rings. The second kappa shape index (κ2) is 5.10. The van der Waals surface area contributed by atoms with Crippen LogP contribution in [0.2, 0.25) is 5.02 Å². The maximum Gasteiger partial charge on any atom is 0.185 e. The molecule has 3 heteroatoms. The molecular weight excluding hydrogens is 240 g/mol. The molecule has 1 nitrogen and oxygen atoms in total. The average Bonchev–Trinajstić information content (AvgIpc) is 2.78. The van der Waals surface area contributed by atoms with E-state index in [-0.39, 0.29) is 5.78 Å². The van der Waals surface area contributed by atoms with Gasteiger partial charge in [0.25, 0.3) is 0 Å². The molecule has 0 bridgehead atoms. The monoisotopic (exact) mass is 248 g/mol. The number of halogens is 1. The summed E-state index contributed by atoms with van der Waals surface area (Å²) in [6, 6.07) is 10.9. The van der Waals surface area contributed by atoms with Gasteiger partial charge in [-0.1, -0.05) is 29.8 Å². The van der Waals surface area contributed by atoms with E-state index in [0.717, 1.165) is 4.88 Å². The van der Waals surface area contributed by atoms with E-state index < -0.39 is 0 Å². The molecule has 0 radical (unpaired) electrons. The fourth-order valence-electron chi connectivity index (χ4n) is 1.28. The Bertz CT molecular complexity index is 514. The van der Waals surface area contributed by atoms with E-state index in [9.17, 15) is 4.79 Å². The summed E-state index contributed by atoms with van der Waals surface area (Å²) in [4.78, 5) is 12.8. The summed E-state index contributed by atoms with van der Waals surface area (Å²) in [5.74, 6) is -0.0316. The van der Waals surface area contributed by atoms with Gasteiger partial charge in [-0.2, -0.15) is 0 Å². The maximum atomic E-state index is 11.8. The van der Waals surface area contributed by atoms with E-state index in [0.29, 0.717) is 10.6 Å². The molecule has 0 saturated heterocycles. The average molecular weight is 249 g/mol. The van der Waals surface area contributed by atoms with Crippen molar-refractivity contribution in [1.29, 1.82) is 0 Å². The normalized spacial score (nSPS) is 10.8. The summed E-state index contributed by atoms with van der Waals surface area (Å²) in [5.41, 5.74) is 0.611. The number of allylic oxidation sites excluding steroid dienone is 1. The van der Waals surface area contributed by atoms with Gasteiger partial charge in [0.05, 0.1) is 0 Å². The third-order valence-electron chi connectivity index (χ3n) is 2.05. The maximum absolute atomic E-state index is 11.8. The summed E-state index contributed by atoms with van der Waals surface area (Å²) in [6.07, 6.45) is 3.38. The summed E-state index contributed by atoms with van der Waals surface area (Å²) < 4.78 is 0. The van der Waals surface area contributed by atoms with Crippen molar-refractivity contribution in [2.24, 2.45) is 0 Å². The van der Waals surface area contributed by atoms with Crippen LogP contribution in [0.5, 0.6) is 0 Å². The van der Waals surface area contributed by atoms with Crippen molar-refractivity contribution in [2.75, 3.05) is 0 Å². The van der Waals surface area contributed by atoms with E-state index in [2.05, 4.69) is 0 Å². The van der Waals surface area contributed by atoms with Crippen molar-refractivity contribution >= 4 is 34.8 Å². The Hall–Kier alpha value is -1.38. The fourth-order valence-corrected chi connectivity index (χ4v) is 2.09. The lowest BCUT2D eigenvalue weighted by Crippen LogP contribution is -1.92. The SMILES string of the molecule is O=C(/C=C/c1cccs1)c1cccc(Cl)c1. The van der Waals surface area contributed by atoms with Gasteiger partial charge in [0.1, 0.15) is 0 Å². The Labute approximate surface area is 103 Å². The molecule has 1 aromatic heterocycles. The lowest BCUT2D eigenvalue weighted by atomic mass is 10.1. The predicted octanol–water partition coefficient (Wildman–Crippen LogP) is 4.30. The molecule has 2 rings (SSSR count). The standard InChI is InChI=1S/C13H9ClOS/c14-11-4-1-3-10(9-11)13(15)7-6-12-5-2-8-16-12/h1-9H/b7-6+. The summed E-state index contributed by atoms with van der Waals surface area (Å²) in [5, 5.41) is 2.55. The van der Waals surface area contributed by atoms with Crippen LogP contribution in [0.15, 0.2) is 47.9 Å². The quantitative estimate of drug-likeness (QED) is 0.585. The molecule has 16 heavy (non-hydrogen) atoms. The zero-order valence-corrected chi connectivity index (χ0v) is 9.96. The van der Waals surface area contributed by atoms with Gasteiger partial charge in [0.2, 0.25) is 0 Å². The first kappa shape index (κ1) is 11.1. The summed E-state index contributed by atoms with van der Waals surface area (Å²) in [7, 11) is 0. The number of thiophene rings is 1. The van der Waals surface area contributed by atoms with Crippen molar-refractivity contribution in [1.82, 2.24) is 0 Å². The van der Waals surface area contributed by atoms with E-state index in [1.54, 1.807) is 41.7 Å². The van der Waals surface area contributed by atoms with E-state index in [4.69, 9.17) is 11.6 Å². The van der Waals surface area contributed by atoms with Crippen LogP contribution < -0.4 is 0 Å². The number of carbonyl (C=O) groups is 1. The summed E-state index contributed by atoms with van der Waals surface area (Å²) >= 11 is 7.41. The topological polar surface area (TPSA) is 17.1 Å². The zero-order chi connectivity index (χ0) is 11.4. The van der Waals surface area contributed by atoms with E-state index in [1.807, 2.05) is 23.6 Å². The third kappa shape index (κ3) is 2.81. The fraction of sp³-hybridized carbons (Fsp3) is 0. The predicted molar refractivity (Wildman–Crippen MR) is 69.1 cm³/mol. The summed E-state index contributed by atoms with van der Waals surface area (Å²) in [6.45, 7) is 0. The molecule has 0 aliphatic rings. The first-order chi connectivity index (χ1) is 7.75. The zero-order valence-electron chi connectivity index (χ0n) is 8.39. The molecule has 1 heterocycles. The number of benzene rings is 1. The van der Waals surface area contributed by atoms with E-state index in [1.165, 1.54) is 0 Å². The minimum Gasteiger partial charge on any atom is -0.289 e. The highest BCUT2D eigenvalue weighted by atomic mass is 35.5. The molecule has 0 spiro atoms. The largest absolute Gasteiger partial charge is 0.289 e. The van der Waals surface area contributed by atoms with Crippen LogP contribution in [0.25, 0.3) is 6.08 Å². The molecule has 1 aromatic carbocycles. The van der Waals surface area contributed by atoms with Crippen LogP contribution in [0, 0.1) is 0 Å². The highest BCUT2D eigenvalue weighted by Gasteiger charge is 2.01. The number of hydrogen-bond donors (Lipinski definition) is 0. The molecular formula is C13H9ClOS. The number of ketones is 1. The second-order valence-corrected chi connectivity index (χ2v) is 4.64. The second-order valence-electron chi connectivity index (χ2n) is 3.22. The molecule has 0 unspecified atom stereocenters. The van der Waals surface area contributed by atoms with Crippen molar-refractivity contribution in [3.8, 4) is 0 Å². The lowest BCUT2D eigenvalue weighted by molar-refractivity contribution is 0.104. The smallest absolute Gasteiger partial charge is 0.185 e. The van der Waals surface area contributed by atoms with Gasteiger partial charge in [0.15, 0.2) is 5.78 Å². The Balaban J connectivity index is 2.15. The molecule has 0 N–H and O–H groups in total. The van der Waals surface area contributed by atoms with Crippen LogP contribution in [-0.2, 0) is 0 Å². The van der Waals surface area contributed by atoms with Gasteiger partial charge >= 0.3 is 0 Å². The highest BCUT2D eigenvalue weighted by Crippen LogP contribution is 2.14. The van der Waals surface area contributed by atoms with Crippen LogP contribution in [0.3, 0.4) is 0 Å². The molecule has 0 amide bonds. The van der Waals surface area contributed by atoms with Gasteiger partial charge in [-0.25, -0.2) is 0 Å². The van der Waals surface area contributed by atoms with Crippen LogP contribution >= 0.6 is 22.9 Å². The van der Waals surface area contributed by atoms with Gasteiger partial charge in [-0.3, -0.25) is 4.79 Å². The van der Waals surface area contributed by atoms with Gasteiger partial charge in [-0.05, 0) is 35.7 Å². The number of rotatable bonds is 3. The Morgan fingerprint density at radius 1 is 1.25 bits per heavy atom. The Morgan fingerprint density at radius 2 is 2.12 bits per heavy atom. The van der Waals surface area contributed by atoms with E-state index >= 15 is 0 Å².